The van der Waals surface area contributed by atoms with Gasteiger partial charge in [0.25, 0.3) is 5.91 Å². The van der Waals surface area contributed by atoms with Crippen molar-refractivity contribution in [1.29, 1.82) is 0 Å². The molecule has 3 N–H and O–H groups in total. The smallest absolute Gasteiger partial charge is 0.258 e. The van der Waals surface area contributed by atoms with Crippen molar-refractivity contribution >= 4 is 23.2 Å². The van der Waals surface area contributed by atoms with Gasteiger partial charge >= 0.3 is 0 Å². The number of thiophene rings is 1. The number of carbonyl (C=O) groups excluding carboxylic acids is 2. The summed E-state index contributed by atoms with van der Waals surface area (Å²) >= 11 is 1.49. The van der Waals surface area contributed by atoms with Crippen LogP contribution in [0.25, 0.3) is 0 Å². The van der Waals surface area contributed by atoms with Gasteiger partial charge in [-0.25, -0.2) is 0 Å². The molecule has 2 rings (SSSR count). The van der Waals surface area contributed by atoms with Crippen LogP contribution in [0, 0.1) is 0 Å². The molecule has 0 atom stereocenters. The first-order chi connectivity index (χ1) is 9.58. The van der Waals surface area contributed by atoms with Crippen molar-refractivity contribution in [3.05, 3.63) is 52.2 Å². The number of nitrogens with zero attached hydrogens (tertiary/aromatic N) is 1. The van der Waals surface area contributed by atoms with E-state index in [1.54, 1.807) is 12.1 Å². The predicted octanol–water partition coefficient (Wildman–Crippen LogP) is 1.58. The zero-order valence-corrected chi connectivity index (χ0v) is 11.5. The lowest BCUT2D eigenvalue weighted by Crippen LogP contribution is -2.37. The summed E-state index contributed by atoms with van der Waals surface area (Å²) in [5.74, 6) is -1.13. The maximum absolute atomic E-state index is 12.4. The fourth-order valence-electron chi connectivity index (χ4n) is 1.80. The van der Waals surface area contributed by atoms with Crippen molar-refractivity contribution in [2.45, 2.75) is 6.54 Å². The third-order valence-electron chi connectivity index (χ3n) is 2.70. The summed E-state index contributed by atoms with van der Waals surface area (Å²) in [5.41, 5.74) is 5.34. The second-order valence-electron chi connectivity index (χ2n) is 4.22. The molecule has 20 heavy (non-hydrogen) atoms. The number of phenolic OH excluding ortho intramolecular Hbond substituents is 1. The average molecular weight is 290 g/mol. The molecule has 0 saturated heterocycles. The van der Waals surface area contributed by atoms with E-state index in [4.69, 9.17) is 5.73 Å². The first-order valence-corrected chi connectivity index (χ1v) is 6.84. The molecule has 104 valence electrons. The van der Waals surface area contributed by atoms with Crippen molar-refractivity contribution in [2.75, 3.05) is 6.54 Å². The molecule has 0 aliphatic heterocycles. The standard InChI is InChI=1S/C14H14N2O3S/c15-13(18)9-16(8-10-4-3-7-20-10)14(19)11-5-1-2-6-12(11)17/h1-7,17H,8-9H2,(H2,15,18). The van der Waals surface area contributed by atoms with Gasteiger partial charge < -0.3 is 15.7 Å². The van der Waals surface area contributed by atoms with Crippen LogP contribution in [0.1, 0.15) is 15.2 Å². The Balaban J connectivity index is 2.24. The number of phenols is 1. The van der Waals surface area contributed by atoms with Gasteiger partial charge in [0.05, 0.1) is 12.1 Å². The average Bonchev–Trinajstić information content (AvgIpc) is 2.90. The van der Waals surface area contributed by atoms with Crippen molar-refractivity contribution in [2.24, 2.45) is 5.73 Å². The number of hydrogen-bond acceptors (Lipinski definition) is 4. The summed E-state index contributed by atoms with van der Waals surface area (Å²) in [4.78, 5) is 25.8. The topological polar surface area (TPSA) is 83.6 Å². The number of primary amides is 1. The lowest BCUT2D eigenvalue weighted by molar-refractivity contribution is -0.118. The number of amides is 2. The Bertz CT molecular complexity index is 611. The molecule has 0 saturated carbocycles. The Kier molecular flexibility index (Phi) is 4.37. The quantitative estimate of drug-likeness (QED) is 0.877. The minimum Gasteiger partial charge on any atom is -0.507 e. The summed E-state index contributed by atoms with van der Waals surface area (Å²) in [6, 6.07) is 9.97. The molecule has 0 bridgehead atoms. The fraction of sp³-hybridized carbons (Fsp3) is 0.143. The van der Waals surface area contributed by atoms with E-state index in [1.165, 1.54) is 28.4 Å². The van der Waals surface area contributed by atoms with Crippen LogP contribution in [0.4, 0.5) is 0 Å². The number of para-hydroxylation sites is 1. The Morgan fingerprint density at radius 1 is 1.20 bits per heavy atom. The van der Waals surface area contributed by atoms with Gasteiger partial charge in [0.1, 0.15) is 12.3 Å². The molecule has 0 aliphatic carbocycles. The Labute approximate surface area is 120 Å². The highest BCUT2D eigenvalue weighted by Crippen LogP contribution is 2.20. The number of nitrogens with two attached hydrogens (primary N) is 1. The van der Waals surface area contributed by atoms with Crippen LogP contribution in [0.2, 0.25) is 0 Å². The Hall–Kier alpha value is -2.34. The van der Waals surface area contributed by atoms with E-state index in [0.717, 1.165) is 4.88 Å². The molecule has 1 aromatic heterocycles. The van der Waals surface area contributed by atoms with E-state index in [9.17, 15) is 14.7 Å². The van der Waals surface area contributed by atoms with Crippen LogP contribution in [0.5, 0.6) is 5.75 Å². The van der Waals surface area contributed by atoms with Crippen molar-refractivity contribution in [1.82, 2.24) is 4.90 Å². The van der Waals surface area contributed by atoms with Gasteiger partial charge in [0.15, 0.2) is 0 Å². The van der Waals surface area contributed by atoms with Crippen molar-refractivity contribution in [3.63, 3.8) is 0 Å². The first-order valence-electron chi connectivity index (χ1n) is 5.96. The fourth-order valence-corrected chi connectivity index (χ4v) is 2.52. The monoisotopic (exact) mass is 290 g/mol. The second-order valence-corrected chi connectivity index (χ2v) is 5.26. The maximum Gasteiger partial charge on any atom is 0.258 e. The van der Waals surface area contributed by atoms with E-state index in [-0.39, 0.29) is 24.4 Å². The molecule has 5 nitrogen and oxygen atoms in total. The van der Waals surface area contributed by atoms with Crippen LogP contribution in [-0.4, -0.2) is 28.4 Å². The lowest BCUT2D eigenvalue weighted by atomic mass is 10.1. The lowest BCUT2D eigenvalue weighted by Gasteiger charge is -2.21. The minimum absolute atomic E-state index is 0.113. The van der Waals surface area contributed by atoms with Gasteiger partial charge in [0, 0.05) is 4.88 Å². The number of hydrogen-bond donors (Lipinski definition) is 2. The van der Waals surface area contributed by atoms with Gasteiger partial charge in [-0.3, -0.25) is 9.59 Å². The molecule has 0 aliphatic rings. The molecule has 2 amide bonds. The summed E-state index contributed by atoms with van der Waals surface area (Å²) in [6.07, 6.45) is 0. The number of benzene rings is 1. The molecule has 0 fully saturated rings. The van der Waals surface area contributed by atoms with Gasteiger partial charge in [-0.15, -0.1) is 11.3 Å². The van der Waals surface area contributed by atoms with Gasteiger partial charge in [-0.1, -0.05) is 18.2 Å². The molecule has 0 spiro atoms. The maximum atomic E-state index is 12.4. The van der Waals surface area contributed by atoms with Gasteiger partial charge in [-0.2, -0.15) is 0 Å². The molecule has 0 unspecified atom stereocenters. The van der Waals surface area contributed by atoms with Gasteiger partial charge in [0.2, 0.25) is 5.91 Å². The number of carbonyl (C=O) groups is 2. The third-order valence-corrected chi connectivity index (χ3v) is 3.56. The van der Waals surface area contributed by atoms with E-state index in [1.807, 2.05) is 17.5 Å². The minimum atomic E-state index is -0.592. The summed E-state index contributed by atoms with van der Waals surface area (Å²) in [7, 11) is 0. The third kappa shape index (κ3) is 3.36. The highest BCUT2D eigenvalue weighted by atomic mass is 32.1. The largest absolute Gasteiger partial charge is 0.507 e. The highest BCUT2D eigenvalue weighted by Gasteiger charge is 2.20. The molecule has 0 radical (unpaired) electrons. The molecule has 6 heteroatoms. The summed E-state index contributed by atoms with van der Waals surface area (Å²) < 4.78 is 0. The van der Waals surface area contributed by atoms with Crippen LogP contribution < -0.4 is 5.73 Å². The van der Waals surface area contributed by atoms with Gasteiger partial charge in [-0.05, 0) is 23.6 Å². The summed E-state index contributed by atoms with van der Waals surface area (Å²) in [5, 5.41) is 11.6. The van der Waals surface area contributed by atoms with Crippen LogP contribution >= 0.6 is 11.3 Å². The van der Waals surface area contributed by atoms with E-state index >= 15 is 0 Å². The number of rotatable bonds is 5. The number of aromatic hydroxyl groups is 1. The zero-order valence-electron chi connectivity index (χ0n) is 10.7. The Morgan fingerprint density at radius 2 is 1.95 bits per heavy atom. The molecule has 2 aromatic rings. The predicted molar refractivity (Wildman–Crippen MR) is 76.4 cm³/mol. The van der Waals surface area contributed by atoms with E-state index in [2.05, 4.69) is 0 Å². The van der Waals surface area contributed by atoms with Crippen molar-refractivity contribution in [3.8, 4) is 5.75 Å². The van der Waals surface area contributed by atoms with Crippen LogP contribution in [0.15, 0.2) is 41.8 Å². The molecule has 1 heterocycles. The summed E-state index contributed by atoms with van der Waals surface area (Å²) in [6.45, 7) is 0.0961. The van der Waals surface area contributed by atoms with Crippen LogP contribution in [-0.2, 0) is 11.3 Å². The zero-order chi connectivity index (χ0) is 14.5. The highest BCUT2D eigenvalue weighted by molar-refractivity contribution is 7.09. The first kappa shape index (κ1) is 14.1. The molecular formula is C14H14N2O3S. The van der Waals surface area contributed by atoms with E-state index in [0.29, 0.717) is 0 Å². The van der Waals surface area contributed by atoms with E-state index < -0.39 is 11.8 Å². The normalized spacial score (nSPS) is 10.2. The second kappa shape index (κ2) is 6.21. The SMILES string of the molecule is NC(=O)CN(Cc1cccs1)C(=O)c1ccccc1O. The van der Waals surface area contributed by atoms with Crippen molar-refractivity contribution < 1.29 is 14.7 Å². The Morgan fingerprint density at radius 3 is 2.55 bits per heavy atom. The van der Waals surface area contributed by atoms with Crippen LogP contribution in [0.3, 0.4) is 0 Å². The molecular weight excluding hydrogens is 276 g/mol. The molecule has 1 aromatic carbocycles.